The molecule has 78 valence electrons. The minimum Gasteiger partial charge on any atom is -0.275 e. The lowest BCUT2D eigenvalue weighted by Gasteiger charge is -2.22. The molecule has 2 rings (SSSR count). The minimum atomic E-state index is 0.302. The van der Waals surface area contributed by atoms with E-state index >= 15 is 0 Å². The van der Waals surface area contributed by atoms with Gasteiger partial charge in [0.25, 0.3) is 0 Å². The Kier molecular flexibility index (Phi) is 3.14. The summed E-state index contributed by atoms with van der Waals surface area (Å²) in [6.45, 7) is 8.50. The third-order valence-electron chi connectivity index (χ3n) is 2.28. The van der Waals surface area contributed by atoms with Crippen molar-refractivity contribution in [2.75, 3.05) is 0 Å². The molecule has 0 N–H and O–H groups in total. The van der Waals surface area contributed by atoms with E-state index in [4.69, 9.17) is 0 Å². The van der Waals surface area contributed by atoms with Gasteiger partial charge < -0.3 is 0 Å². The van der Waals surface area contributed by atoms with Crippen molar-refractivity contribution < 1.29 is 0 Å². The molecule has 1 aromatic rings. The standard InChI is InChI=1S/C10H14N2.C2H6/c1-10(2)5-4-9-8(6-10)7-12(3)11-9;1-2/h4-5,7H,6H2,1-3H3;1-2H3. The van der Waals surface area contributed by atoms with Gasteiger partial charge in [0.2, 0.25) is 0 Å². The van der Waals surface area contributed by atoms with Crippen LogP contribution in [0.4, 0.5) is 0 Å². The van der Waals surface area contributed by atoms with E-state index in [9.17, 15) is 0 Å². The third kappa shape index (κ3) is 2.25. The van der Waals surface area contributed by atoms with Gasteiger partial charge in [0, 0.05) is 13.2 Å². The highest BCUT2D eigenvalue weighted by molar-refractivity contribution is 5.53. The Morgan fingerprint density at radius 3 is 2.64 bits per heavy atom. The highest BCUT2D eigenvalue weighted by Gasteiger charge is 2.21. The maximum atomic E-state index is 4.35. The van der Waals surface area contributed by atoms with Crippen molar-refractivity contribution in [3.8, 4) is 0 Å². The van der Waals surface area contributed by atoms with Gasteiger partial charge in [-0.2, -0.15) is 5.10 Å². The quantitative estimate of drug-likeness (QED) is 0.617. The fourth-order valence-electron chi connectivity index (χ4n) is 1.69. The molecule has 2 nitrogen and oxygen atoms in total. The van der Waals surface area contributed by atoms with E-state index < -0.39 is 0 Å². The average molecular weight is 192 g/mol. The van der Waals surface area contributed by atoms with Gasteiger partial charge in [-0.05, 0) is 23.5 Å². The number of fused-ring (bicyclic) bond motifs is 1. The largest absolute Gasteiger partial charge is 0.275 e. The second-order valence-electron chi connectivity index (χ2n) is 4.21. The van der Waals surface area contributed by atoms with Gasteiger partial charge in [0.1, 0.15) is 0 Å². The number of nitrogens with zero attached hydrogens (tertiary/aromatic N) is 2. The van der Waals surface area contributed by atoms with Gasteiger partial charge >= 0.3 is 0 Å². The topological polar surface area (TPSA) is 17.8 Å². The summed E-state index contributed by atoms with van der Waals surface area (Å²) in [6, 6.07) is 0. The van der Waals surface area contributed by atoms with Crippen LogP contribution < -0.4 is 0 Å². The molecule has 0 bridgehead atoms. The van der Waals surface area contributed by atoms with E-state index in [0.717, 1.165) is 12.1 Å². The van der Waals surface area contributed by atoms with Crippen LogP contribution in [0.2, 0.25) is 0 Å². The SMILES string of the molecule is CC.Cn1cc2c(n1)C=CC(C)(C)C2. The molecule has 2 heteroatoms. The van der Waals surface area contributed by atoms with Crippen LogP contribution in [-0.4, -0.2) is 9.78 Å². The summed E-state index contributed by atoms with van der Waals surface area (Å²) >= 11 is 0. The van der Waals surface area contributed by atoms with E-state index in [-0.39, 0.29) is 0 Å². The summed E-state index contributed by atoms with van der Waals surface area (Å²) in [5.74, 6) is 0. The number of hydrogen-bond acceptors (Lipinski definition) is 1. The van der Waals surface area contributed by atoms with E-state index in [1.807, 2.05) is 25.6 Å². The molecule has 14 heavy (non-hydrogen) atoms. The van der Waals surface area contributed by atoms with Crippen LogP contribution in [0.15, 0.2) is 12.3 Å². The predicted molar refractivity (Wildman–Crippen MR) is 61.1 cm³/mol. The maximum absolute atomic E-state index is 4.35. The lowest BCUT2D eigenvalue weighted by Crippen LogP contribution is -2.14. The summed E-state index contributed by atoms with van der Waals surface area (Å²) < 4.78 is 1.89. The van der Waals surface area contributed by atoms with Gasteiger partial charge in [-0.1, -0.05) is 33.8 Å². The number of rotatable bonds is 0. The second kappa shape index (κ2) is 3.99. The Labute approximate surface area is 86.6 Å². The zero-order valence-electron chi connectivity index (χ0n) is 9.83. The fraction of sp³-hybridized carbons (Fsp3) is 0.583. The number of aromatic nitrogens is 2. The molecule has 0 saturated carbocycles. The molecule has 1 aliphatic rings. The van der Waals surface area contributed by atoms with Crippen LogP contribution in [0.25, 0.3) is 6.08 Å². The third-order valence-corrected chi connectivity index (χ3v) is 2.28. The molecule has 0 fully saturated rings. The molecule has 1 aliphatic carbocycles. The first-order valence-electron chi connectivity index (χ1n) is 5.29. The molecule has 0 spiro atoms. The van der Waals surface area contributed by atoms with Crippen LogP contribution in [-0.2, 0) is 13.5 Å². The number of hydrogen-bond donors (Lipinski definition) is 0. The average Bonchev–Trinajstić information content (AvgIpc) is 2.46. The minimum absolute atomic E-state index is 0.302. The molecule has 0 amide bonds. The first-order chi connectivity index (χ1) is 6.57. The number of aryl methyl sites for hydroxylation is 1. The molecular formula is C12H20N2. The fourth-order valence-corrected chi connectivity index (χ4v) is 1.69. The molecule has 0 aliphatic heterocycles. The van der Waals surface area contributed by atoms with Crippen LogP contribution in [0.3, 0.4) is 0 Å². The summed E-state index contributed by atoms with van der Waals surface area (Å²) in [4.78, 5) is 0. The Bertz CT molecular complexity index is 332. The molecule has 0 aromatic carbocycles. The predicted octanol–water partition coefficient (Wildman–Crippen LogP) is 3.04. The van der Waals surface area contributed by atoms with Crippen molar-refractivity contribution in [2.45, 2.75) is 34.1 Å². The smallest absolute Gasteiger partial charge is 0.0880 e. The molecule has 0 atom stereocenters. The molecule has 0 unspecified atom stereocenters. The van der Waals surface area contributed by atoms with Crippen molar-refractivity contribution in [3.63, 3.8) is 0 Å². The Hall–Kier alpha value is -1.05. The summed E-state index contributed by atoms with van der Waals surface area (Å²) in [5.41, 5.74) is 2.80. The van der Waals surface area contributed by atoms with E-state index in [0.29, 0.717) is 5.41 Å². The summed E-state index contributed by atoms with van der Waals surface area (Å²) in [6.07, 6.45) is 7.58. The maximum Gasteiger partial charge on any atom is 0.0880 e. The monoisotopic (exact) mass is 192 g/mol. The molecule has 1 aromatic heterocycles. The van der Waals surface area contributed by atoms with Gasteiger partial charge in [0.05, 0.1) is 5.69 Å². The van der Waals surface area contributed by atoms with E-state index in [2.05, 4.69) is 37.3 Å². The van der Waals surface area contributed by atoms with Crippen molar-refractivity contribution in [1.82, 2.24) is 9.78 Å². The van der Waals surface area contributed by atoms with Crippen molar-refractivity contribution in [1.29, 1.82) is 0 Å². The molecular weight excluding hydrogens is 172 g/mol. The van der Waals surface area contributed by atoms with Gasteiger partial charge in [-0.3, -0.25) is 4.68 Å². The zero-order chi connectivity index (χ0) is 10.8. The molecule has 0 radical (unpaired) electrons. The van der Waals surface area contributed by atoms with E-state index in [1.165, 1.54) is 5.56 Å². The summed E-state index contributed by atoms with van der Waals surface area (Å²) in [5, 5.41) is 4.35. The highest BCUT2D eigenvalue weighted by Crippen LogP contribution is 2.30. The molecule has 1 heterocycles. The van der Waals surface area contributed by atoms with Crippen LogP contribution in [0, 0.1) is 5.41 Å². The lowest BCUT2D eigenvalue weighted by atomic mass is 9.82. The zero-order valence-corrected chi connectivity index (χ0v) is 9.83. The second-order valence-corrected chi connectivity index (χ2v) is 4.21. The van der Waals surface area contributed by atoms with Crippen molar-refractivity contribution >= 4 is 6.08 Å². The Morgan fingerprint density at radius 1 is 1.36 bits per heavy atom. The van der Waals surface area contributed by atoms with Gasteiger partial charge in [0.15, 0.2) is 0 Å². The molecule has 0 saturated heterocycles. The van der Waals surface area contributed by atoms with Crippen molar-refractivity contribution in [3.05, 3.63) is 23.5 Å². The Morgan fingerprint density at radius 2 is 2.00 bits per heavy atom. The van der Waals surface area contributed by atoms with E-state index in [1.54, 1.807) is 0 Å². The highest BCUT2D eigenvalue weighted by atomic mass is 15.2. The normalized spacial score (nSPS) is 16.9. The van der Waals surface area contributed by atoms with Gasteiger partial charge in [-0.25, -0.2) is 0 Å². The first-order valence-corrected chi connectivity index (χ1v) is 5.29. The van der Waals surface area contributed by atoms with Crippen LogP contribution in [0.1, 0.15) is 39.0 Å². The first kappa shape index (κ1) is 11.0. The lowest BCUT2D eigenvalue weighted by molar-refractivity contribution is 0.475. The number of allylic oxidation sites excluding steroid dienone is 1. The summed E-state index contributed by atoms with van der Waals surface area (Å²) in [7, 11) is 1.97. The van der Waals surface area contributed by atoms with Crippen LogP contribution in [0.5, 0.6) is 0 Å². The Balaban J connectivity index is 0.000000461. The van der Waals surface area contributed by atoms with Gasteiger partial charge in [-0.15, -0.1) is 0 Å². The van der Waals surface area contributed by atoms with Crippen LogP contribution >= 0.6 is 0 Å². The van der Waals surface area contributed by atoms with Crippen molar-refractivity contribution in [2.24, 2.45) is 12.5 Å².